The van der Waals surface area contributed by atoms with E-state index in [9.17, 15) is 14.4 Å². The number of benzene rings is 2. The molecule has 0 amide bonds. The molecule has 0 N–H and O–H groups in total. The summed E-state index contributed by atoms with van der Waals surface area (Å²) < 4.78 is 11.0. The Balaban J connectivity index is 1.85. The zero-order valence-corrected chi connectivity index (χ0v) is 16.6. The molecule has 0 aliphatic heterocycles. The molecule has 28 heavy (non-hydrogen) atoms. The fourth-order valence-electron chi connectivity index (χ4n) is 2.90. The van der Waals surface area contributed by atoms with E-state index >= 15 is 0 Å². The molecule has 0 atom stereocenters. The van der Waals surface area contributed by atoms with Crippen molar-refractivity contribution < 1.29 is 14.3 Å². The normalized spacial score (nSPS) is 10.9. The summed E-state index contributed by atoms with van der Waals surface area (Å²) in [5.74, 6) is 0.713. The molecular formula is C21H14O5S2. The second-order valence-corrected chi connectivity index (χ2v) is 8.06. The van der Waals surface area contributed by atoms with Crippen molar-refractivity contribution in [3.8, 4) is 11.5 Å². The van der Waals surface area contributed by atoms with E-state index in [0.717, 1.165) is 42.8 Å². The first kappa shape index (κ1) is 18.3. The minimum Gasteiger partial charge on any atom is -0.497 e. The number of rotatable bonds is 4. The highest BCUT2D eigenvalue weighted by Gasteiger charge is 2.19. The van der Waals surface area contributed by atoms with Crippen LogP contribution >= 0.6 is 22.7 Å². The molecule has 4 aromatic rings. The molecule has 5 nitrogen and oxygen atoms in total. The first-order valence-corrected chi connectivity index (χ1v) is 9.92. The number of carbonyl (C=O) groups excluding carboxylic acids is 1. The van der Waals surface area contributed by atoms with Crippen LogP contribution < -0.4 is 19.0 Å². The fourth-order valence-corrected chi connectivity index (χ4v) is 4.66. The zero-order chi connectivity index (χ0) is 19.8. The van der Waals surface area contributed by atoms with Gasteiger partial charge in [-0.3, -0.25) is 14.4 Å². The van der Waals surface area contributed by atoms with Gasteiger partial charge < -0.3 is 9.47 Å². The van der Waals surface area contributed by atoms with Crippen molar-refractivity contribution in [1.29, 1.82) is 0 Å². The maximum absolute atomic E-state index is 13.0. The Morgan fingerprint density at radius 3 is 1.54 bits per heavy atom. The van der Waals surface area contributed by atoms with Gasteiger partial charge in [-0.25, -0.2) is 0 Å². The Bertz CT molecular complexity index is 1250. The number of ketones is 1. The van der Waals surface area contributed by atoms with Gasteiger partial charge in [-0.15, -0.1) is 0 Å². The summed E-state index contributed by atoms with van der Waals surface area (Å²) >= 11 is 1.93. The van der Waals surface area contributed by atoms with Crippen molar-refractivity contribution >= 4 is 48.6 Å². The second kappa shape index (κ2) is 7.18. The molecule has 0 fully saturated rings. The topological polar surface area (TPSA) is 69.7 Å². The first-order chi connectivity index (χ1) is 13.5. The molecule has 0 saturated carbocycles. The molecule has 0 saturated heterocycles. The molecule has 0 spiro atoms. The predicted octanol–water partition coefficient (Wildman–Crippen LogP) is 4.08. The maximum Gasteiger partial charge on any atom is 0.244 e. The van der Waals surface area contributed by atoms with Crippen LogP contribution in [0.3, 0.4) is 0 Å². The number of hydrogen-bond acceptors (Lipinski definition) is 7. The van der Waals surface area contributed by atoms with Gasteiger partial charge in [-0.2, -0.15) is 0 Å². The van der Waals surface area contributed by atoms with Gasteiger partial charge in [0.05, 0.1) is 25.3 Å². The average Bonchev–Trinajstić information content (AvgIpc) is 2.71. The van der Waals surface area contributed by atoms with Gasteiger partial charge >= 0.3 is 0 Å². The van der Waals surface area contributed by atoms with Crippen LogP contribution in [0.25, 0.3) is 20.2 Å². The molecule has 7 heteroatoms. The summed E-state index contributed by atoms with van der Waals surface area (Å²) in [6.07, 6.45) is 0. The van der Waals surface area contributed by atoms with E-state index < -0.39 is 5.78 Å². The summed E-state index contributed by atoms with van der Waals surface area (Å²) in [6, 6.07) is 13.7. The fraction of sp³-hybridized carbons (Fsp3) is 0.0952. The van der Waals surface area contributed by atoms with Gasteiger partial charge in [0.2, 0.25) is 15.3 Å². The van der Waals surface area contributed by atoms with Gasteiger partial charge in [-0.05, 0) is 59.3 Å². The SMILES string of the molecule is COc1ccc2cc(C(=O)c3cc4ccc(OC)cc4sc3=O)c(=O)sc2c1. The molecule has 2 aromatic heterocycles. The maximum atomic E-state index is 13.0. The van der Waals surface area contributed by atoms with E-state index in [2.05, 4.69) is 0 Å². The van der Waals surface area contributed by atoms with Gasteiger partial charge in [0.1, 0.15) is 11.5 Å². The van der Waals surface area contributed by atoms with Crippen molar-refractivity contribution in [3.05, 3.63) is 78.7 Å². The Morgan fingerprint density at radius 1 is 0.714 bits per heavy atom. The summed E-state index contributed by atoms with van der Waals surface area (Å²) in [6.45, 7) is 0. The number of carbonyl (C=O) groups is 1. The van der Waals surface area contributed by atoms with Gasteiger partial charge in [0, 0.05) is 9.40 Å². The van der Waals surface area contributed by atoms with Crippen LogP contribution in [0, 0.1) is 0 Å². The van der Waals surface area contributed by atoms with Crippen molar-refractivity contribution in [1.82, 2.24) is 0 Å². The van der Waals surface area contributed by atoms with Crippen LogP contribution in [0.4, 0.5) is 0 Å². The van der Waals surface area contributed by atoms with Crippen LogP contribution in [0.1, 0.15) is 15.9 Å². The number of methoxy groups -OCH3 is 2. The molecule has 0 aliphatic rings. The molecule has 0 aliphatic carbocycles. The van der Waals surface area contributed by atoms with Crippen molar-refractivity contribution in [2.75, 3.05) is 14.2 Å². The third-order valence-electron chi connectivity index (χ3n) is 4.38. The Morgan fingerprint density at radius 2 is 1.14 bits per heavy atom. The highest BCUT2D eigenvalue weighted by Crippen LogP contribution is 2.26. The third kappa shape index (κ3) is 3.19. The van der Waals surface area contributed by atoms with E-state index in [1.54, 1.807) is 50.6 Å². The van der Waals surface area contributed by atoms with Crippen LogP contribution in [-0.2, 0) is 0 Å². The molecule has 2 heterocycles. The first-order valence-electron chi connectivity index (χ1n) is 8.28. The second-order valence-electron chi connectivity index (χ2n) is 6.03. The lowest BCUT2D eigenvalue weighted by molar-refractivity contribution is 0.103. The molecule has 4 rings (SSSR count). The smallest absolute Gasteiger partial charge is 0.244 e. The molecule has 2 aromatic carbocycles. The highest BCUT2D eigenvalue weighted by molar-refractivity contribution is 7.17. The summed E-state index contributed by atoms with van der Waals surface area (Å²) in [4.78, 5) is 38.1. The van der Waals surface area contributed by atoms with Gasteiger partial charge in [0.15, 0.2) is 0 Å². The van der Waals surface area contributed by atoms with Crippen LogP contribution in [0.2, 0.25) is 0 Å². The van der Waals surface area contributed by atoms with E-state index in [1.807, 2.05) is 0 Å². The standard InChI is InChI=1S/C21H14O5S2/c1-25-13-5-3-11-7-15(20(23)27-17(11)9-13)19(22)16-8-12-4-6-14(26-2)10-18(12)28-21(16)24/h3-10H,1-2H3. The van der Waals surface area contributed by atoms with E-state index in [0.29, 0.717) is 11.5 Å². The van der Waals surface area contributed by atoms with Crippen LogP contribution in [-0.4, -0.2) is 20.0 Å². The third-order valence-corrected chi connectivity index (χ3v) is 6.33. The van der Waals surface area contributed by atoms with E-state index in [-0.39, 0.29) is 20.6 Å². The number of fused-ring (bicyclic) bond motifs is 2. The monoisotopic (exact) mass is 410 g/mol. The lowest BCUT2D eigenvalue weighted by Gasteiger charge is -2.05. The van der Waals surface area contributed by atoms with Gasteiger partial charge in [-0.1, -0.05) is 22.7 Å². The zero-order valence-electron chi connectivity index (χ0n) is 15.0. The van der Waals surface area contributed by atoms with Crippen LogP contribution in [0.15, 0.2) is 58.1 Å². The van der Waals surface area contributed by atoms with E-state index in [4.69, 9.17) is 9.47 Å². The van der Waals surface area contributed by atoms with Gasteiger partial charge in [0.25, 0.3) is 0 Å². The molecule has 140 valence electrons. The highest BCUT2D eigenvalue weighted by atomic mass is 32.1. The Labute approximate surface area is 167 Å². The summed E-state index contributed by atoms with van der Waals surface area (Å²) in [5.41, 5.74) is -0.000318. The number of hydrogen-bond donors (Lipinski definition) is 0. The Kier molecular flexibility index (Phi) is 4.70. The minimum absolute atomic E-state index is 0.000159. The summed E-state index contributed by atoms with van der Waals surface area (Å²) in [5, 5.41) is 1.49. The lowest BCUT2D eigenvalue weighted by atomic mass is 10.1. The van der Waals surface area contributed by atoms with Crippen molar-refractivity contribution in [2.45, 2.75) is 0 Å². The largest absolute Gasteiger partial charge is 0.497 e. The Hall–Kier alpha value is -3.03. The van der Waals surface area contributed by atoms with Crippen molar-refractivity contribution in [2.24, 2.45) is 0 Å². The molecule has 0 bridgehead atoms. The quantitative estimate of drug-likeness (QED) is 0.474. The molecular weight excluding hydrogens is 396 g/mol. The average molecular weight is 410 g/mol. The molecule has 0 unspecified atom stereocenters. The van der Waals surface area contributed by atoms with Crippen molar-refractivity contribution in [3.63, 3.8) is 0 Å². The number of ether oxygens (including phenoxy) is 2. The van der Waals surface area contributed by atoms with E-state index in [1.165, 1.54) is 12.1 Å². The predicted molar refractivity (Wildman–Crippen MR) is 113 cm³/mol. The van der Waals surface area contributed by atoms with Crippen LogP contribution in [0.5, 0.6) is 11.5 Å². The lowest BCUT2D eigenvalue weighted by Crippen LogP contribution is -2.18. The molecule has 0 radical (unpaired) electrons. The summed E-state index contributed by atoms with van der Waals surface area (Å²) in [7, 11) is 3.10. The minimum atomic E-state index is -0.557.